The minimum absolute atomic E-state index is 0.266. The van der Waals surface area contributed by atoms with Crippen molar-refractivity contribution in [2.75, 3.05) is 0 Å². The standard InChI is InChI=1S/C18H18O8/c19-13-14(20)16(17(22)23)26-18(15(13)21)25-12-8-6-11(7-9-12)24-10-4-2-1-3-5-10/h1-9,13-16,18-21H,(H,22,23). The molecule has 0 amide bonds. The fourth-order valence-corrected chi connectivity index (χ4v) is 2.49. The third kappa shape index (κ3) is 3.94. The maximum absolute atomic E-state index is 11.1. The van der Waals surface area contributed by atoms with Crippen LogP contribution in [0.2, 0.25) is 0 Å². The molecule has 2 aromatic carbocycles. The monoisotopic (exact) mass is 362 g/mol. The molecule has 2 aromatic rings. The van der Waals surface area contributed by atoms with Crippen LogP contribution in [-0.2, 0) is 9.53 Å². The van der Waals surface area contributed by atoms with Gasteiger partial charge >= 0.3 is 5.97 Å². The zero-order chi connectivity index (χ0) is 18.7. The van der Waals surface area contributed by atoms with Crippen LogP contribution in [-0.4, -0.2) is 57.1 Å². The maximum Gasteiger partial charge on any atom is 0.335 e. The van der Waals surface area contributed by atoms with Crippen molar-refractivity contribution in [1.82, 2.24) is 0 Å². The Morgan fingerprint density at radius 3 is 2.00 bits per heavy atom. The van der Waals surface area contributed by atoms with Gasteiger partial charge in [0.2, 0.25) is 6.29 Å². The molecule has 1 saturated heterocycles. The van der Waals surface area contributed by atoms with Crippen molar-refractivity contribution in [2.45, 2.75) is 30.7 Å². The first-order valence-electron chi connectivity index (χ1n) is 7.88. The minimum Gasteiger partial charge on any atom is -0.479 e. The molecular weight excluding hydrogens is 344 g/mol. The van der Waals surface area contributed by atoms with Crippen LogP contribution in [0.4, 0.5) is 0 Å². The number of carboxylic acids is 1. The van der Waals surface area contributed by atoms with E-state index in [2.05, 4.69) is 0 Å². The summed E-state index contributed by atoms with van der Waals surface area (Å²) >= 11 is 0. The fourth-order valence-electron chi connectivity index (χ4n) is 2.49. The van der Waals surface area contributed by atoms with Gasteiger partial charge in [0.1, 0.15) is 35.6 Å². The highest BCUT2D eigenvalue weighted by Gasteiger charge is 2.48. The highest BCUT2D eigenvalue weighted by atomic mass is 16.7. The zero-order valence-electron chi connectivity index (χ0n) is 13.5. The Labute approximate surface area is 148 Å². The summed E-state index contributed by atoms with van der Waals surface area (Å²) in [6.45, 7) is 0. The molecule has 26 heavy (non-hydrogen) atoms. The van der Waals surface area contributed by atoms with Gasteiger partial charge in [-0.2, -0.15) is 0 Å². The number of benzene rings is 2. The summed E-state index contributed by atoms with van der Waals surface area (Å²) in [5.41, 5.74) is 0. The first-order chi connectivity index (χ1) is 12.5. The highest BCUT2D eigenvalue weighted by molar-refractivity contribution is 5.73. The largest absolute Gasteiger partial charge is 0.479 e. The van der Waals surface area contributed by atoms with E-state index >= 15 is 0 Å². The van der Waals surface area contributed by atoms with E-state index in [0.29, 0.717) is 11.5 Å². The second-order valence-electron chi connectivity index (χ2n) is 5.74. The number of aliphatic hydroxyl groups excluding tert-OH is 3. The Bertz CT molecular complexity index is 733. The molecule has 4 N–H and O–H groups in total. The molecule has 0 aliphatic carbocycles. The van der Waals surface area contributed by atoms with Crippen LogP contribution in [0.25, 0.3) is 0 Å². The van der Waals surface area contributed by atoms with Crippen molar-refractivity contribution in [3.8, 4) is 17.2 Å². The molecule has 3 rings (SSSR count). The van der Waals surface area contributed by atoms with Gasteiger partial charge in [-0.3, -0.25) is 0 Å². The van der Waals surface area contributed by atoms with Crippen LogP contribution in [0.15, 0.2) is 54.6 Å². The first-order valence-corrected chi connectivity index (χ1v) is 7.88. The molecule has 0 saturated carbocycles. The van der Waals surface area contributed by atoms with E-state index < -0.39 is 36.7 Å². The normalized spacial score (nSPS) is 28.3. The lowest BCUT2D eigenvalue weighted by atomic mass is 9.99. The minimum atomic E-state index is -1.76. The Kier molecular flexibility index (Phi) is 5.38. The SMILES string of the molecule is O=C(O)C1OC(Oc2ccc(Oc3ccccc3)cc2)C(O)C(O)C1O. The fraction of sp³-hybridized carbons (Fsp3) is 0.278. The van der Waals surface area contributed by atoms with Crippen LogP contribution in [0.3, 0.4) is 0 Å². The Balaban J connectivity index is 1.67. The number of aliphatic hydroxyl groups is 3. The number of rotatable bonds is 5. The van der Waals surface area contributed by atoms with Crippen molar-refractivity contribution in [3.63, 3.8) is 0 Å². The molecule has 1 heterocycles. The summed E-state index contributed by atoms with van der Waals surface area (Å²) in [4.78, 5) is 11.1. The predicted molar refractivity (Wildman–Crippen MR) is 87.9 cm³/mol. The molecule has 138 valence electrons. The average Bonchev–Trinajstić information content (AvgIpc) is 2.64. The van der Waals surface area contributed by atoms with Crippen molar-refractivity contribution in [2.24, 2.45) is 0 Å². The summed E-state index contributed by atoms with van der Waals surface area (Å²) < 4.78 is 16.1. The number of carbonyl (C=O) groups is 1. The van der Waals surface area contributed by atoms with Gasteiger partial charge in [-0.15, -0.1) is 0 Å². The Morgan fingerprint density at radius 2 is 1.38 bits per heavy atom. The first kappa shape index (κ1) is 18.2. The lowest BCUT2D eigenvalue weighted by molar-refractivity contribution is -0.271. The molecule has 0 bridgehead atoms. The third-order valence-corrected chi connectivity index (χ3v) is 3.87. The lowest BCUT2D eigenvalue weighted by Crippen LogP contribution is -2.61. The molecule has 5 atom stereocenters. The predicted octanol–water partition coefficient (Wildman–Crippen LogP) is 0.750. The number of ether oxygens (including phenoxy) is 3. The van der Waals surface area contributed by atoms with E-state index in [1.165, 1.54) is 0 Å². The number of para-hydroxylation sites is 1. The Morgan fingerprint density at radius 1 is 0.808 bits per heavy atom. The van der Waals surface area contributed by atoms with Crippen LogP contribution in [0.5, 0.6) is 17.2 Å². The molecular formula is C18H18O8. The van der Waals surface area contributed by atoms with Gasteiger partial charge in [0.25, 0.3) is 0 Å². The van der Waals surface area contributed by atoms with Gasteiger partial charge in [0, 0.05) is 0 Å². The van der Waals surface area contributed by atoms with Gasteiger partial charge in [0.05, 0.1) is 0 Å². The van der Waals surface area contributed by atoms with E-state index in [-0.39, 0.29) is 5.75 Å². The molecule has 0 aromatic heterocycles. The topological polar surface area (TPSA) is 126 Å². The number of carboxylic acid groups (broad SMARTS) is 1. The average molecular weight is 362 g/mol. The summed E-state index contributed by atoms with van der Waals surface area (Å²) in [5.74, 6) is 0.00648. The van der Waals surface area contributed by atoms with Gasteiger partial charge in [-0.05, 0) is 36.4 Å². The van der Waals surface area contributed by atoms with Gasteiger partial charge in [-0.1, -0.05) is 18.2 Å². The second-order valence-corrected chi connectivity index (χ2v) is 5.74. The Hall–Kier alpha value is -2.65. The van der Waals surface area contributed by atoms with Crippen molar-refractivity contribution >= 4 is 5.97 Å². The van der Waals surface area contributed by atoms with E-state index in [0.717, 1.165) is 0 Å². The summed E-state index contributed by atoms with van der Waals surface area (Å²) in [6, 6.07) is 15.5. The number of hydrogen-bond acceptors (Lipinski definition) is 7. The van der Waals surface area contributed by atoms with E-state index in [9.17, 15) is 20.1 Å². The molecule has 1 fully saturated rings. The summed E-state index contributed by atoms with van der Waals surface area (Å²) in [6.07, 6.45) is -8.24. The van der Waals surface area contributed by atoms with Crippen LogP contribution in [0.1, 0.15) is 0 Å². The van der Waals surface area contributed by atoms with E-state index in [1.54, 1.807) is 36.4 Å². The van der Waals surface area contributed by atoms with Crippen LogP contribution >= 0.6 is 0 Å². The molecule has 8 heteroatoms. The molecule has 1 aliphatic heterocycles. The van der Waals surface area contributed by atoms with Gasteiger partial charge in [0.15, 0.2) is 6.10 Å². The molecule has 0 spiro atoms. The van der Waals surface area contributed by atoms with Crippen molar-refractivity contribution in [1.29, 1.82) is 0 Å². The third-order valence-electron chi connectivity index (χ3n) is 3.87. The summed E-state index contributed by atoms with van der Waals surface area (Å²) in [7, 11) is 0. The lowest BCUT2D eigenvalue weighted by Gasteiger charge is -2.38. The maximum atomic E-state index is 11.1. The second kappa shape index (κ2) is 7.71. The van der Waals surface area contributed by atoms with Crippen molar-refractivity contribution in [3.05, 3.63) is 54.6 Å². The smallest absolute Gasteiger partial charge is 0.335 e. The van der Waals surface area contributed by atoms with Gasteiger partial charge in [-0.25, -0.2) is 4.79 Å². The summed E-state index contributed by atoms with van der Waals surface area (Å²) in [5, 5.41) is 38.4. The quantitative estimate of drug-likeness (QED) is 0.614. The molecule has 8 nitrogen and oxygen atoms in total. The van der Waals surface area contributed by atoms with Crippen LogP contribution in [0, 0.1) is 0 Å². The molecule has 1 aliphatic rings. The highest BCUT2D eigenvalue weighted by Crippen LogP contribution is 2.27. The van der Waals surface area contributed by atoms with Crippen LogP contribution < -0.4 is 9.47 Å². The molecule has 5 unspecified atom stereocenters. The van der Waals surface area contributed by atoms with Crippen molar-refractivity contribution < 1.29 is 39.4 Å². The molecule has 0 radical (unpaired) electrons. The zero-order valence-corrected chi connectivity index (χ0v) is 13.5. The number of hydrogen-bond donors (Lipinski definition) is 4. The number of aliphatic carboxylic acids is 1. The van der Waals surface area contributed by atoms with E-state index in [1.807, 2.05) is 18.2 Å². The van der Waals surface area contributed by atoms with E-state index in [4.69, 9.17) is 19.3 Å². The van der Waals surface area contributed by atoms with Gasteiger partial charge < -0.3 is 34.6 Å².